The first-order valence-corrected chi connectivity index (χ1v) is 8.89. The number of rotatable bonds is 0. The van der Waals surface area contributed by atoms with Gasteiger partial charge in [0.25, 0.3) is 0 Å². The van der Waals surface area contributed by atoms with Crippen LogP contribution >= 0.6 is 0 Å². The molecule has 0 atom stereocenters. The largest absolute Gasteiger partial charge is 4.00 e. The van der Waals surface area contributed by atoms with Gasteiger partial charge in [0.15, 0.2) is 0 Å². The van der Waals surface area contributed by atoms with E-state index < -0.39 is 8.07 Å². The molecule has 0 N–H and O–H groups in total. The molecule has 0 heterocycles. The van der Waals surface area contributed by atoms with Gasteiger partial charge < -0.3 is 14.0 Å². The minimum atomic E-state index is -0.861. The molecule has 0 spiro atoms. The summed E-state index contributed by atoms with van der Waals surface area (Å²) < 4.78 is 0. The fourth-order valence-corrected chi connectivity index (χ4v) is 0.642. The van der Waals surface area contributed by atoms with Crippen LogP contribution in [0.1, 0.15) is 0 Å². The molecule has 2 rings (SSSR count). The van der Waals surface area contributed by atoms with Crippen molar-refractivity contribution in [3.63, 3.8) is 0 Å². The third-order valence-corrected chi connectivity index (χ3v) is 1.11. The van der Waals surface area contributed by atoms with E-state index in [1.807, 2.05) is 64.2 Å². The van der Waals surface area contributed by atoms with Crippen LogP contribution in [0.3, 0.4) is 0 Å². The molecule has 0 bridgehead atoms. The summed E-state index contributed by atoms with van der Waals surface area (Å²) in [6.45, 7) is 10.6. The summed E-state index contributed by atoms with van der Waals surface area (Å²) in [6.07, 6.45) is 20.0. The molecule has 17 heavy (non-hydrogen) atoms. The normalized spacial score (nSPS) is 17.6. The summed E-state index contributed by atoms with van der Waals surface area (Å²) in [5.41, 5.74) is 0. The van der Waals surface area contributed by atoms with Crippen LogP contribution in [0.25, 0.3) is 0 Å². The zero-order valence-electron chi connectivity index (χ0n) is 11.5. The average molecular weight is 282 g/mol. The van der Waals surface area contributed by atoms with Crippen LogP contribution in [-0.2, 0) is 21.7 Å². The van der Waals surface area contributed by atoms with Crippen LogP contribution < -0.4 is 0 Å². The van der Waals surface area contributed by atoms with Crippen LogP contribution in [-0.4, -0.2) is 8.07 Å². The Morgan fingerprint density at radius 1 is 0.588 bits per heavy atom. The molecule has 90 valence electrons. The molecule has 10 radical (unpaired) electrons. The summed E-state index contributed by atoms with van der Waals surface area (Å²) >= 11 is 0. The van der Waals surface area contributed by atoms with Gasteiger partial charge in [-0.05, 0) is 64.2 Å². The van der Waals surface area contributed by atoms with E-state index in [0.29, 0.717) is 0 Å². The maximum absolute atomic E-state index is 3.91. The Balaban J connectivity index is -0.000000163. The van der Waals surface area contributed by atoms with Gasteiger partial charge in [0.05, 0.1) is 0 Å². The van der Waals surface area contributed by atoms with Crippen LogP contribution in [0.4, 0.5) is 0 Å². The fraction of sp³-hybridized carbons (Fsp3) is 0.200. The Hall–Kier alpha value is 0.931. The Bertz CT molecular complexity index is 90.2. The molecule has 2 aliphatic carbocycles. The van der Waals surface area contributed by atoms with Crippen LogP contribution in [0, 0.1) is 78.2 Å². The molecule has 0 aromatic heterocycles. The molecular formula is C15H24SiTi+2. The van der Waals surface area contributed by atoms with Crippen molar-refractivity contribution in [2.24, 2.45) is 0 Å². The van der Waals surface area contributed by atoms with Crippen molar-refractivity contribution >= 4 is 8.07 Å². The number of hydrogen-bond donors (Lipinski definition) is 0. The van der Waals surface area contributed by atoms with Crippen molar-refractivity contribution in [2.75, 3.05) is 0 Å². The van der Waals surface area contributed by atoms with Gasteiger partial charge >= 0.3 is 21.7 Å². The van der Waals surface area contributed by atoms with Crippen LogP contribution in [0.5, 0.6) is 0 Å². The van der Waals surface area contributed by atoms with Crippen molar-refractivity contribution in [2.45, 2.75) is 19.6 Å². The minimum Gasteiger partial charge on any atom is -0.358 e. The first kappa shape index (κ1) is 23.1. The number of hydrogen-bond acceptors (Lipinski definition) is 0. The maximum atomic E-state index is 3.91. The zero-order valence-corrected chi connectivity index (χ0v) is 14.0. The first-order valence-electron chi connectivity index (χ1n) is 5.19. The Labute approximate surface area is 127 Å². The molecule has 2 heteroatoms. The summed E-state index contributed by atoms with van der Waals surface area (Å²) in [5.74, 6) is 0. The minimum absolute atomic E-state index is 0. The first-order chi connectivity index (χ1) is 7.00. The second-order valence-electron chi connectivity index (χ2n) is 4.49. The monoisotopic (exact) mass is 282 g/mol. The molecule has 0 unspecified atom stereocenters. The molecule has 0 aromatic rings. The van der Waals surface area contributed by atoms with Gasteiger partial charge in [0, 0.05) is 0 Å². The summed E-state index contributed by atoms with van der Waals surface area (Å²) in [7, 11) is -0.861. The Morgan fingerprint density at radius 3 is 0.706 bits per heavy atom. The van der Waals surface area contributed by atoms with Crippen molar-refractivity contribution in [3.05, 3.63) is 78.2 Å². The molecule has 2 saturated carbocycles. The van der Waals surface area contributed by atoms with Crippen molar-refractivity contribution < 1.29 is 21.7 Å². The average Bonchev–Trinajstić information content (AvgIpc) is 2.81. The third-order valence-electron chi connectivity index (χ3n) is 1.11. The molecule has 2 aliphatic rings. The van der Waals surface area contributed by atoms with Gasteiger partial charge in [0.2, 0.25) is 0 Å². The Kier molecular flexibility index (Phi) is 20.3. The van der Waals surface area contributed by atoms with E-state index in [2.05, 4.69) is 26.2 Å². The predicted octanol–water partition coefficient (Wildman–Crippen LogP) is 4.19. The van der Waals surface area contributed by atoms with Crippen molar-refractivity contribution in [1.29, 1.82) is 0 Å². The summed E-state index contributed by atoms with van der Waals surface area (Å²) in [5, 5.41) is 0. The third kappa shape index (κ3) is 31.6. The van der Waals surface area contributed by atoms with Crippen LogP contribution in [0.15, 0.2) is 0 Å². The van der Waals surface area contributed by atoms with Crippen LogP contribution in [0.2, 0.25) is 19.6 Å². The van der Waals surface area contributed by atoms with Gasteiger partial charge in [-0.15, -0.1) is 8.07 Å². The second kappa shape index (κ2) is 15.0. The zero-order chi connectivity index (χ0) is 11.6. The van der Waals surface area contributed by atoms with Crippen molar-refractivity contribution in [3.8, 4) is 0 Å². The quantitative estimate of drug-likeness (QED) is 0.461. The fourth-order valence-electron chi connectivity index (χ4n) is 0.642. The molecule has 0 aromatic carbocycles. The topological polar surface area (TPSA) is 0 Å². The molecule has 0 saturated heterocycles. The second-order valence-corrected chi connectivity index (χ2v) is 9.61. The van der Waals surface area contributed by atoms with E-state index in [1.54, 1.807) is 0 Å². The molecular weight excluding hydrogens is 258 g/mol. The molecule has 0 aliphatic heterocycles. The van der Waals surface area contributed by atoms with Gasteiger partial charge in [-0.3, -0.25) is 0 Å². The van der Waals surface area contributed by atoms with E-state index in [-0.39, 0.29) is 29.1 Å². The van der Waals surface area contributed by atoms with Crippen molar-refractivity contribution in [1.82, 2.24) is 0 Å². The Morgan fingerprint density at radius 2 is 0.647 bits per heavy atom. The van der Waals surface area contributed by atoms with E-state index in [1.165, 1.54) is 0 Å². The van der Waals surface area contributed by atoms with Gasteiger partial charge in [-0.1, -0.05) is 19.6 Å². The predicted molar refractivity (Wildman–Crippen MR) is 78.1 cm³/mol. The van der Waals surface area contributed by atoms with E-state index in [0.717, 1.165) is 0 Å². The molecule has 2 fully saturated rings. The SMILES string of the molecule is [14CH3-].[CH2-][Si](C)(C)C.[CH]1[CH][CH][CH][CH]1.[CH]1[CH][CH][CH][CH]1.[Ti+4]. The van der Waals surface area contributed by atoms with Gasteiger partial charge in [-0.25, -0.2) is 0 Å². The summed E-state index contributed by atoms with van der Waals surface area (Å²) in [6, 6.07) is 0. The molecule has 0 amide bonds. The maximum Gasteiger partial charge on any atom is 4.00 e. The summed E-state index contributed by atoms with van der Waals surface area (Å²) in [4.78, 5) is 0. The van der Waals surface area contributed by atoms with E-state index in [4.69, 9.17) is 0 Å². The van der Waals surface area contributed by atoms with E-state index >= 15 is 0 Å². The van der Waals surface area contributed by atoms with Gasteiger partial charge in [0.1, 0.15) is 0 Å². The van der Waals surface area contributed by atoms with Gasteiger partial charge in [-0.2, -0.15) is 0 Å². The molecule has 0 nitrogen and oxygen atoms in total. The smallest absolute Gasteiger partial charge is 0.358 e. The van der Waals surface area contributed by atoms with E-state index in [9.17, 15) is 0 Å². The standard InChI is InChI=1S/2C5H5.C4H11Si.CH3.Ti/c2*1-2-4-5-3-1;1-5(2,3)4;;/h2*1-5H;1H2,2-4H3;1H3;/q;;2*-1;+4/i;;;1+2;.